The monoisotopic (exact) mass is 302 g/mol. The molecule has 0 heterocycles. The molecule has 1 aromatic rings. The number of carbonyl (C=O) groups excluding carboxylic acids is 1. The van der Waals surface area contributed by atoms with Crippen LogP contribution in [0.2, 0.25) is 0 Å². The van der Waals surface area contributed by atoms with E-state index in [-0.39, 0.29) is 16.9 Å². The highest BCUT2D eigenvalue weighted by Gasteiger charge is 2.18. The number of carboxylic acid groups (broad SMARTS) is 1. The molecule has 0 atom stereocenters. The number of benzene rings is 1. The maximum absolute atomic E-state index is 12.0. The van der Waals surface area contributed by atoms with Crippen LogP contribution < -0.4 is 0 Å². The highest BCUT2D eigenvalue weighted by molar-refractivity contribution is 8.14. The first-order chi connectivity index (χ1) is 8.66. The second-order valence-corrected chi connectivity index (χ2v) is 4.11. The largest absolute Gasteiger partial charge is 0.481 e. The van der Waals surface area contributed by atoms with Crippen molar-refractivity contribution in [1.29, 1.82) is 0 Å². The lowest BCUT2D eigenvalue weighted by Gasteiger charge is -1.96. The molecule has 9 heteroatoms. The van der Waals surface area contributed by atoms with Crippen molar-refractivity contribution in [3.63, 3.8) is 0 Å². The molecule has 0 unspecified atom stereocenters. The van der Waals surface area contributed by atoms with Crippen molar-refractivity contribution in [2.45, 2.75) is 6.92 Å². The highest BCUT2D eigenvalue weighted by Crippen LogP contribution is 2.16. The standard InChI is InChI=1S/C6HF5.C4H6O3S/c7-2-1-3(8)5(10)6(11)4(2)9;1-3(5)8-2-4(6)7/h1H;2H2,1H3,(H,6,7). The summed E-state index contributed by atoms with van der Waals surface area (Å²) < 4.78 is 60.0. The number of aliphatic carboxylic acids is 1. The Balaban J connectivity index is 0.000000362. The van der Waals surface area contributed by atoms with Crippen molar-refractivity contribution in [2.24, 2.45) is 0 Å². The molecule has 1 rings (SSSR count). The van der Waals surface area contributed by atoms with E-state index in [2.05, 4.69) is 0 Å². The quantitative estimate of drug-likeness (QED) is 0.518. The molecule has 106 valence electrons. The van der Waals surface area contributed by atoms with Gasteiger partial charge in [-0.25, -0.2) is 22.0 Å². The molecular formula is C10H7F5O3S. The molecule has 19 heavy (non-hydrogen) atoms. The molecule has 0 amide bonds. The van der Waals surface area contributed by atoms with Gasteiger partial charge in [0.05, 0.1) is 5.75 Å². The fourth-order valence-electron chi connectivity index (χ4n) is 0.707. The van der Waals surface area contributed by atoms with Gasteiger partial charge in [-0.3, -0.25) is 9.59 Å². The third kappa shape index (κ3) is 6.18. The lowest BCUT2D eigenvalue weighted by molar-refractivity contribution is -0.134. The Bertz CT molecular complexity index is 452. The zero-order valence-corrected chi connectivity index (χ0v) is 10.2. The summed E-state index contributed by atoms with van der Waals surface area (Å²) in [7, 11) is 0. The SMILES string of the molecule is CC(=O)SCC(=O)O.Fc1cc(F)c(F)c(F)c1F. The Morgan fingerprint density at radius 3 is 1.74 bits per heavy atom. The van der Waals surface area contributed by atoms with Crippen molar-refractivity contribution in [3.05, 3.63) is 35.2 Å². The van der Waals surface area contributed by atoms with E-state index in [1.807, 2.05) is 0 Å². The summed E-state index contributed by atoms with van der Waals surface area (Å²) >= 11 is 0.801. The van der Waals surface area contributed by atoms with Crippen LogP contribution in [0.25, 0.3) is 0 Å². The minimum absolute atomic E-state index is 0.0618. The molecule has 0 aliphatic rings. The smallest absolute Gasteiger partial charge is 0.313 e. The molecule has 0 aromatic heterocycles. The Kier molecular flexibility index (Phi) is 7.05. The number of carbonyl (C=O) groups is 2. The first-order valence-corrected chi connectivity index (χ1v) is 5.49. The minimum atomic E-state index is -2.14. The summed E-state index contributed by atoms with van der Waals surface area (Å²) in [5, 5.41) is 7.83. The highest BCUT2D eigenvalue weighted by atomic mass is 32.2. The van der Waals surface area contributed by atoms with Crippen LogP contribution in [0, 0.1) is 29.1 Å². The normalized spacial score (nSPS) is 9.58. The van der Waals surface area contributed by atoms with E-state index >= 15 is 0 Å². The van der Waals surface area contributed by atoms with E-state index in [1.54, 1.807) is 0 Å². The van der Waals surface area contributed by atoms with Gasteiger partial charge in [-0.2, -0.15) is 0 Å². The predicted molar refractivity (Wildman–Crippen MR) is 57.0 cm³/mol. The molecule has 0 saturated heterocycles. The van der Waals surface area contributed by atoms with Gasteiger partial charge in [0.2, 0.25) is 5.82 Å². The second-order valence-electron chi connectivity index (χ2n) is 2.96. The molecule has 3 nitrogen and oxygen atoms in total. The lowest BCUT2D eigenvalue weighted by atomic mass is 10.3. The van der Waals surface area contributed by atoms with E-state index in [1.165, 1.54) is 6.92 Å². The Morgan fingerprint density at radius 2 is 1.47 bits per heavy atom. The van der Waals surface area contributed by atoms with Crippen molar-refractivity contribution >= 4 is 22.8 Å². The fourth-order valence-corrected chi connectivity index (χ4v) is 1.03. The molecule has 0 aliphatic carbocycles. The van der Waals surface area contributed by atoms with Gasteiger partial charge < -0.3 is 5.11 Å². The van der Waals surface area contributed by atoms with Gasteiger partial charge in [0, 0.05) is 13.0 Å². The van der Waals surface area contributed by atoms with Crippen molar-refractivity contribution in [3.8, 4) is 0 Å². The molecule has 1 N–H and O–H groups in total. The lowest BCUT2D eigenvalue weighted by Crippen LogP contribution is -1.99. The van der Waals surface area contributed by atoms with Crippen molar-refractivity contribution in [2.75, 3.05) is 5.75 Å². The van der Waals surface area contributed by atoms with Crippen molar-refractivity contribution < 1.29 is 36.6 Å². The van der Waals surface area contributed by atoms with Crippen LogP contribution in [0.15, 0.2) is 6.07 Å². The van der Waals surface area contributed by atoms with Crippen LogP contribution in [0.5, 0.6) is 0 Å². The number of carboxylic acids is 1. The molecule has 0 fully saturated rings. The van der Waals surface area contributed by atoms with E-state index in [0.29, 0.717) is 0 Å². The number of hydrogen-bond donors (Lipinski definition) is 1. The van der Waals surface area contributed by atoms with Crippen molar-refractivity contribution in [1.82, 2.24) is 0 Å². The van der Waals surface area contributed by atoms with E-state index < -0.39 is 35.1 Å². The minimum Gasteiger partial charge on any atom is -0.481 e. The van der Waals surface area contributed by atoms with Gasteiger partial charge in [0.25, 0.3) is 0 Å². The Morgan fingerprint density at radius 1 is 1.05 bits per heavy atom. The van der Waals surface area contributed by atoms with Crippen LogP contribution in [0.3, 0.4) is 0 Å². The van der Waals surface area contributed by atoms with Gasteiger partial charge in [0.15, 0.2) is 28.4 Å². The zero-order valence-electron chi connectivity index (χ0n) is 9.35. The summed E-state index contributed by atoms with van der Waals surface area (Å²) in [6.07, 6.45) is 0. The van der Waals surface area contributed by atoms with Gasteiger partial charge >= 0.3 is 5.97 Å². The average Bonchev–Trinajstić information content (AvgIpc) is 2.32. The second kappa shape index (κ2) is 7.72. The molecule has 0 aliphatic heterocycles. The van der Waals surface area contributed by atoms with Crippen LogP contribution in [-0.2, 0) is 9.59 Å². The first kappa shape index (κ1) is 17.4. The van der Waals surface area contributed by atoms with Gasteiger partial charge in [-0.1, -0.05) is 11.8 Å². The zero-order chi connectivity index (χ0) is 15.2. The van der Waals surface area contributed by atoms with Gasteiger partial charge in [-0.15, -0.1) is 0 Å². The number of halogens is 5. The topological polar surface area (TPSA) is 54.4 Å². The van der Waals surface area contributed by atoms with E-state index in [0.717, 1.165) is 11.8 Å². The summed E-state index contributed by atoms with van der Waals surface area (Å²) in [5.74, 6) is -10.7. The average molecular weight is 302 g/mol. The third-order valence-corrected chi connectivity index (χ3v) is 2.25. The summed E-state index contributed by atoms with van der Waals surface area (Å²) in [4.78, 5) is 19.8. The molecule has 0 bridgehead atoms. The molecule has 0 spiro atoms. The van der Waals surface area contributed by atoms with E-state index in [9.17, 15) is 31.5 Å². The van der Waals surface area contributed by atoms with Crippen LogP contribution >= 0.6 is 11.8 Å². The molecule has 0 saturated carbocycles. The third-order valence-electron chi connectivity index (χ3n) is 1.46. The summed E-state index contributed by atoms with van der Waals surface area (Å²) in [6.45, 7) is 1.34. The first-order valence-electron chi connectivity index (χ1n) is 4.50. The van der Waals surface area contributed by atoms with E-state index in [4.69, 9.17) is 5.11 Å². The Labute approximate surface area is 108 Å². The predicted octanol–water partition coefficient (Wildman–Crippen LogP) is 2.73. The van der Waals surface area contributed by atoms with Crippen LogP contribution in [0.1, 0.15) is 6.92 Å². The van der Waals surface area contributed by atoms with Crippen LogP contribution in [0.4, 0.5) is 22.0 Å². The van der Waals surface area contributed by atoms with Gasteiger partial charge in [0.1, 0.15) is 0 Å². The number of hydrogen-bond acceptors (Lipinski definition) is 3. The number of rotatable bonds is 2. The summed E-state index contributed by atoms with van der Waals surface area (Å²) in [6, 6.07) is -0.0618. The summed E-state index contributed by atoms with van der Waals surface area (Å²) in [5.41, 5.74) is 0. The van der Waals surface area contributed by atoms with Gasteiger partial charge in [-0.05, 0) is 0 Å². The molecule has 1 aromatic carbocycles. The maximum atomic E-state index is 12.0. The maximum Gasteiger partial charge on any atom is 0.313 e. The molecular weight excluding hydrogens is 295 g/mol. The fraction of sp³-hybridized carbons (Fsp3) is 0.200. The van der Waals surface area contributed by atoms with Crippen LogP contribution in [-0.4, -0.2) is 21.9 Å². The number of thioether (sulfide) groups is 1. The Hall–Kier alpha value is -1.64. The molecule has 0 radical (unpaired) electrons.